The molecule has 162 valence electrons. The SMILES string of the molecule is Brc1ccc2c(c1)C1CC(c3ccccc3)=NN1C1(CCN(Cc3ccccc3)CC1)O2. The molecule has 0 radical (unpaired) electrons. The van der Waals surface area contributed by atoms with Crippen molar-refractivity contribution < 1.29 is 4.74 Å². The van der Waals surface area contributed by atoms with E-state index in [9.17, 15) is 0 Å². The molecule has 0 aliphatic carbocycles. The standard InChI is InChI=1S/C27H26BrN3O/c28-22-11-12-26-23(17-22)25-18-24(21-9-5-2-6-10-21)29-31(25)27(32-26)13-15-30(16-14-27)19-20-7-3-1-4-8-20/h1-12,17,25H,13-16,18-19H2. The second kappa shape index (κ2) is 8.05. The molecule has 3 aromatic rings. The fourth-order valence-electron chi connectivity index (χ4n) is 5.29. The van der Waals surface area contributed by atoms with Gasteiger partial charge in [0.25, 0.3) is 0 Å². The van der Waals surface area contributed by atoms with Crippen molar-refractivity contribution in [3.05, 3.63) is 100 Å². The second-order valence-corrected chi connectivity index (χ2v) is 9.89. The Bertz CT molecular complexity index is 1140. The zero-order valence-corrected chi connectivity index (χ0v) is 19.5. The molecule has 3 aliphatic rings. The van der Waals surface area contributed by atoms with Crippen LogP contribution in [0, 0.1) is 0 Å². The summed E-state index contributed by atoms with van der Waals surface area (Å²) < 4.78 is 7.87. The van der Waals surface area contributed by atoms with Gasteiger partial charge in [0.15, 0.2) is 0 Å². The number of hydrazone groups is 1. The molecule has 4 nitrogen and oxygen atoms in total. The van der Waals surface area contributed by atoms with Crippen molar-refractivity contribution in [3.8, 4) is 5.75 Å². The van der Waals surface area contributed by atoms with Crippen LogP contribution in [0.25, 0.3) is 0 Å². The van der Waals surface area contributed by atoms with E-state index in [1.165, 1.54) is 16.7 Å². The Hall–Kier alpha value is -2.63. The number of fused-ring (bicyclic) bond motifs is 4. The number of hydrogen-bond donors (Lipinski definition) is 0. The highest BCUT2D eigenvalue weighted by Gasteiger charge is 2.51. The highest BCUT2D eigenvalue weighted by Crippen LogP contribution is 2.50. The maximum absolute atomic E-state index is 6.78. The Balaban J connectivity index is 1.31. The predicted molar refractivity (Wildman–Crippen MR) is 131 cm³/mol. The summed E-state index contributed by atoms with van der Waals surface area (Å²) in [6.07, 6.45) is 2.79. The molecule has 0 aromatic heterocycles. The Labute approximate surface area is 197 Å². The van der Waals surface area contributed by atoms with E-state index in [4.69, 9.17) is 9.84 Å². The van der Waals surface area contributed by atoms with Gasteiger partial charge in [-0.25, -0.2) is 5.01 Å². The van der Waals surface area contributed by atoms with E-state index >= 15 is 0 Å². The lowest BCUT2D eigenvalue weighted by Crippen LogP contribution is -2.59. The second-order valence-electron chi connectivity index (χ2n) is 8.97. The van der Waals surface area contributed by atoms with E-state index in [1.807, 2.05) is 0 Å². The number of ether oxygens (including phenoxy) is 1. The number of halogens is 1. The van der Waals surface area contributed by atoms with Crippen molar-refractivity contribution in [1.82, 2.24) is 9.91 Å². The van der Waals surface area contributed by atoms with Crippen molar-refractivity contribution in [1.29, 1.82) is 0 Å². The van der Waals surface area contributed by atoms with Gasteiger partial charge < -0.3 is 4.74 Å². The molecule has 1 unspecified atom stereocenters. The molecule has 1 spiro atoms. The minimum absolute atomic E-state index is 0.215. The monoisotopic (exact) mass is 487 g/mol. The molecule has 5 heteroatoms. The van der Waals surface area contributed by atoms with Crippen LogP contribution in [0.15, 0.2) is 88.4 Å². The first-order valence-electron chi connectivity index (χ1n) is 11.4. The molecule has 32 heavy (non-hydrogen) atoms. The summed E-state index contributed by atoms with van der Waals surface area (Å²) in [4.78, 5) is 2.54. The molecular weight excluding hydrogens is 462 g/mol. The third kappa shape index (κ3) is 3.54. The van der Waals surface area contributed by atoms with Gasteiger partial charge in [-0.3, -0.25) is 4.90 Å². The average molecular weight is 488 g/mol. The number of likely N-dealkylation sites (tertiary alicyclic amines) is 1. The van der Waals surface area contributed by atoms with Crippen LogP contribution < -0.4 is 4.74 Å². The summed E-state index contributed by atoms with van der Waals surface area (Å²) in [5.74, 6) is 1.01. The van der Waals surface area contributed by atoms with Gasteiger partial charge in [0.1, 0.15) is 5.75 Å². The van der Waals surface area contributed by atoms with Gasteiger partial charge in [0.05, 0.1) is 11.8 Å². The minimum atomic E-state index is -0.380. The van der Waals surface area contributed by atoms with Gasteiger partial charge in [-0.1, -0.05) is 76.6 Å². The van der Waals surface area contributed by atoms with Crippen LogP contribution in [-0.4, -0.2) is 34.4 Å². The largest absolute Gasteiger partial charge is 0.466 e. The van der Waals surface area contributed by atoms with Crippen LogP contribution in [0.5, 0.6) is 5.75 Å². The first-order chi connectivity index (χ1) is 15.7. The molecule has 6 rings (SSSR count). The number of hydrogen-bond acceptors (Lipinski definition) is 4. The van der Waals surface area contributed by atoms with Gasteiger partial charge in [-0.15, -0.1) is 0 Å². The number of nitrogens with zero attached hydrogens (tertiary/aromatic N) is 3. The molecule has 0 amide bonds. The lowest BCUT2D eigenvalue weighted by atomic mass is 9.90. The third-order valence-electron chi connectivity index (χ3n) is 6.95. The summed E-state index contributed by atoms with van der Waals surface area (Å²) in [6.45, 7) is 2.99. The van der Waals surface area contributed by atoms with Crippen molar-refractivity contribution in [2.45, 2.75) is 37.6 Å². The maximum Gasteiger partial charge on any atom is 0.200 e. The van der Waals surface area contributed by atoms with Crippen molar-refractivity contribution in [3.63, 3.8) is 0 Å². The third-order valence-corrected chi connectivity index (χ3v) is 7.45. The Morgan fingerprint density at radius 3 is 2.41 bits per heavy atom. The van der Waals surface area contributed by atoms with Gasteiger partial charge in [0, 0.05) is 48.9 Å². The van der Waals surface area contributed by atoms with Gasteiger partial charge in [-0.2, -0.15) is 5.10 Å². The van der Waals surface area contributed by atoms with Crippen LogP contribution in [0.2, 0.25) is 0 Å². The first kappa shape index (κ1) is 20.0. The van der Waals surface area contributed by atoms with Crippen LogP contribution in [0.3, 0.4) is 0 Å². The number of piperidine rings is 1. The summed E-state index contributed by atoms with van der Waals surface area (Å²) in [6, 6.07) is 27.9. The predicted octanol–water partition coefficient (Wildman–Crippen LogP) is 5.98. The van der Waals surface area contributed by atoms with Crippen LogP contribution >= 0.6 is 15.9 Å². The van der Waals surface area contributed by atoms with E-state index < -0.39 is 0 Å². The van der Waals surface area contributed by atoms with Crippen LogP contribution in [0.1, 0.15) is 42.0 Å². The lowest BCUT2D eigenvalue weighted by Gasteiger charge is -2.51. The van der Waals surface area contributed by atoms with Crippen LogP contribution in [-0.2, 0) is 6.54 Å². The summed E-state index contributed by atoms with van der Waals surface area (Å²) >= 11 is 3.66. The van der Waals surface area contributed by atoms with E-state index in [0.29, 0.717) is 0 Å². The fourth-order valence-corrected chi connectivity index (χ4v) is 5.67. The molecule has 0 saturated carbocycles. The topological polar surface area (TPSA) is 28.1 Å². The fraction of sp³-hybridized carbons (Fsp3) is 0.296. The Kier molecular flexibility index (Phi) is 5.04. The lowest BCUT2D eigenvalue weighted by molar-refractivity contribution is -0.150. The molecule has 0 bridgehead atoms. The number of benzene rings is 3. The molecule has 3 aromatic carbocycles. The molecule has 1 fully saturated rings. The highest BCUT2D eigenvalue weighted by molar-refractivity contribution is 9.10. The Morgan fingerprint density at radius 1 is 0.938 bits per heavy atom. The zero-order valence-electron chi connectivity index (χ0n) is 18.0. The quantitative estimate of drug-likeness (QED) is 0.454. The molecule has 3 heterocycles. The average Bonchev–Trinajstić information content (AvgIpc) is 3.30. The molecular formula is C27H26BrN3O. The summed E-state index contributed by atoms with van der Waals surface area (Å²) in [5.41, 5.74) is 4.57. The molecule has 1 saturated heterocycles. The summed E-state index contributed by atoms with van der Waals surface area (Å²) in [7, 11) is 0. The van der Waals surface area contributed by atoms with E-state index in [2.05, 4.69) is 105 Å². The van der Waals surface area contributed by atoms with Crippen LogP contribution in [0.4, 0.5) is 0 Å². The molecule has 0 N–H and O–H groups in total. The summed E-state index contributed by atoms with van der Waals surface area (Å²) in [5, 5.41) is 7.48. The van der Waals surface area contributed by atoms with E-state index in [0.717, 1.165) is 54.8 Å². The highest BCUT2D eigenvalue weighted by atomic mass is 79.9. The van der Waals surface area contributed by atoms with E-state index in [1.54, 1.807) is 0 Å². The van der Waals surface area contributed by atoms with Gasteiger partial charge in [-0.05, 0) is 29.3 Å². The van der Waals surface area contributed by atoms with Crippen molar-refractivity contribution in [2.24, 2.45) is 5.10 Å². The molecule has 1 atom stereocenters. The maximum atomic E-state index is 6.78. The first-order valence-corrected chi connectivity index (χ1v) is 12.2. The normalized spacial score (nSPS) is 21.6. The van der Waals surface area contributed by atoms with Crippen molar-refractivity contribution in [2.75, 3.05) is 13.1 Å². The molecule has 3 aliphatic heterocycles. The minimum Gasteiger partial charge on any atom is -0.466 e. The Morgan fingerprint density at radius 2 is 1.66 bits per heavy atom. The zero-order chi connectivity index (χ0) is 21.5. The van der Waals surface area contributed by atoms with Gasteiger partial charge >= 0.3 is 0 Å². The van der Waals surface area contributed by atoms with E-state index in [-0.39, 0.29) is 11.8 Å². The smallest absolute Gasteiger partial charge is 0.200 e. The van der Waals surface area contributed by atoms with Gasteiger partial charge in [0.2, 0.25) is 5.72 Å². The number of rotatable bonds is 3. The van der Waals surface area contributed by atoms with Crippen molar-refractivity contribution >= 4 is 21.6 Å².